The minimum absolute atomic E-state index is 0.423. The summed E-state index contributed by atoms with van der Waals surface area (Å²) in [5.74, 6) is 0. The Hall–Kier alpha value is -0.160. The van der Waals surface area contributed by atoms with Crippen molar-refractivity contribution in [1.29, 1.82) is 0 Å². The number of rotatable bonds is 5. The number of methoxy groups -OCH3 is 1. The lowest BCUT2D eigenvalue weighted by Gasteiger charge is -2.38. The van der Waals surface area contributed by atoms with Gasteiger partial charge >= 0.3 is 0 Å². The van der Waals surface area contributed by atoms with E-state index in [4.69, 9.17) is 9.47 Å². The highest BCUT2D eigenvalue weighted by atomic mass is 16.5. The third-order valence-corrected chi connectivity index (χ3v) is 4.36. The summed E-state index contributed by atoms with van der Waals surface area (Å²) >= 11 is 0. The largest absolute Gasteiger partial charge is 0.381 e. The van der Waals surface area contributed by atoms with Crippen LogP contribution >= 0.6 is 0 Å². The van der Waals surface area contributed by atoms with Crippen LogP contribution in [0.2, 0.25) is 0 Å². The van der Waals surface area contributed by atoms with Crippen LogP contribution in [0.5, 0.6) is 0 Å². The summed E-state index contributed by atoms with van der Waals surface area (Å²) in [6.07, 6.45) is 6.04. The van der Waals surface area contributed by atoms with E-state index in [1.165, 1.54) is 12.8 Å². The molecular weight excluding hydrogens is 228 g/mol. The average Bonchev–Trinajstić information content (AvgIpc) is 2.80. The van der Waals surface area contributed by atoms with Crippen molar-refractivity contribution in [2.75, 3.05) is 33.8 Å². The number of likely N-dealkylation sites (N-methyl/N-ethyl adjacent to an activating group) is 1. The Labute approximate surface area is 111 Å². The summed E-state index contributed by atoms with van der Waals surface area (Å²) in [5, 5.41) is 3.20. The van der Waals surface area contributed by atoms with Gasteiger partial charge in [-0.1, -0.05) is 0 Å². The van der Waals surface area contributed by atoms with Gasteiger partial charge in [-0.2, -0.15) is 0 Å². The van der Waals surface area contributed by atoms with E-state index < -0.39 is 0 Å². The van der Waals surface area contributed by atoms with Gasteiger partial charge in [-0.05, 0) is 39.7 Å². The van der Waals surface area contributed by atoms with Crippen LogP contribution in [-0.4, -0.2) is 63.0 Å². The monoisotopic (exact) mass is 256 g/mol. The van der Waals surface area contributed by atoms with E-state index in [1.807, 2.05) is 14.2 Å². The summed E-state index contributed by atoms with van der Waals surface area (Å²) in [6, 6.07) is 0.621. The SMILES string of the molecule is CNCC1CCC(CN2CCC(OC)CC2C)O1. The lowest BCUT2D eigenvalue weighted by Crippen LogP contribution is -2.46. The molecule has 0 amide bonds. The lowest BCUT2D eigenvalue weighted by atomic mass is 10.00. The first-order valence-electron chi connectivity index (χ1n) is 7.29. The van der Waals surface area contributed by atoms with Gasteiger partial charge in [-0.15, -0.1) is 0 Å². The van der Waals surface area contributed by atoms with E-state index in [9.17, 15) is 0 Å². The Morgan fingerprint density at radius 1 is 1.28 bits per heavy atom. The molecule has 0 spiro atoms. The number of nitrogens with zero attached hydrogens (tertiary/aromatic N) is 1. The van der Waals surface area contributed by atoms with E-state index in [0.717, 1.165) is 32.5 Å². The number of hydrogen-bond acceptors (Lipinski definition) is 4. The van der Waals surface area contributed by atoms with Crippen LogP contribution in [0.3, 0.4) is 0 Å². The minimum atomic E-state index is 0.423. The van der Waals surface area contributed by atoms with Crippen LogP contribution in [-0.2, 0) is 9.47 Å². The molecule has 4 nitrogen and oxygen atoms in total. The number of likely N-dealkylation sites (tertiary alicyclic amines) is 1. The number of hydrogen-bond donors (Lipinski definition) is 1. The van der Waals surface area contributed by atoms with Gasteiger partial charge in [0.1, 0.15) is 0 Å². The molecule has 106 valence electrons. The summed E-state index contributed by atoms with van der Waals surface area (Å²) in [4.78, 5) is 2.57. The maximum absolute atomic E-state index is 6.07. The van der Waals surface area contributed by atoms with Crippen molar-refractivity contribution < 1.29 is 9.47 Å². The van der Waals surface area contributed by atoms with Crippen molar-refractivity contribution in [3.8, 4) is 0 Å². The predicted octanol–water partition coefficient (Wildman–Crippen LogP) is 1.25. The van der Waals surface area contributed by atoms with Crippen molar-refractivity contribution >= 4 is 0 Å². The van der Waals surface area contributed by atoms with Gasteiger partial charge in [-0.25, -0.2) is 0 Å². The van der Waals surface area contributed by atoms with Gasteiger partial charge in [0.2, 0.25) is 0 Å². The Kier molecular flexibility index (Phi) is 5.42. The topological polar surface area (TPSA) is 33.7 Å². The Morgan fingerprint density at radius 2 is 2.06 bits per heavy atom. The third kappa shape index (κ3) is 3.67. The van der Waals surface area contributed by atoms with Gasteiger partial charge < -0.3 is 14.8 Å². The molecule has 0 aromatic rings. The Morgan fingerprint density at radius 3 is 2.72 bits per heavy atom. The van der Waals surface area contributed by atoms with Crippen LogP contribution < -0.4 is 5.32 Å². The number of piperidine rings is 1. The summed E-state index contributed by atoms with van der Waals surface area (Å²) in [6.45, 7) is 5.54. The lowest BCUT2D eigenvalue weighted by molar-refractivity contribution is -0.0200. The molecule has 18 heavy (non-hydrogen) atoms. The van der Waals surface area contributed by atoms with Gasteiger partial charge in [0.05, 0.1) is 18.3 Å². The molecular formula is C14H28N2O2. The first-order valence-corrected chi connectivity index (χ1v) is 7.29. The molecule has 4 unspecified atom stereocenters. The normalized spacial score (nSPS) is 38.2. The van der Waals surface area contributed by atoms with Crippen molar-refractivity contribution in [2.24, 2.45) is 0 Å². The molecule has 4 atom stereocenters. The Balaban J connectivity index is 1.73. The van der Waals surface area contributed by atoms with E-state index >= 15 is 0 Å². The molecule has 0 aliphatic carbocycles. The average molecular weight is 256 g/mol. The van der Waals surface area contributed by atoms with Crippen LogP contribution in [0.4, 0.5) is 0 Å². The molecule has 0 saturated carbocycles. The molecule has 2 aliphatic heterocycles. The zero-order chi connectivity index (χ0) is 13.0. The summed E-state index contributed by atoms with van der Waals surface area (Å²) in [7, 11) is 3.82. The van der Waals surface area contributed by atoms with Crippen molar-refractivity contribution in [3.63, 3.8) is 0 Å². The zero-order valence-electron chi connectivity index (χ0n) is 12.0. The molecule has 0 bridgehead atoms. The van der Waals surface area contributed by atoms with E-state index in [1.54, 1.807) is 0 Å². The Bertz CT molecular complexity index is 250. The second-order valence-corrected chi connectivity index (χ2v) is 5.74. The molecule has 0 aromatic heterocycles. The first kappa shape index (κ1) is 14.3. The zero-order valence-corrected chi connectivity index (χ0v) is 12.0. The standard InChI is InChI=1S/C14H28N2O2/c1-11-8-12(17-3)6-7-16(11)10-14-5-4-13(18-14)9-15-2/h11-15H,4-10H2,1-3H3. The smallest absolute Gasteiger partial charge is 0.0707 e. The number of nitrogens with one attached hydrogen (secondary N) is 1. The van der Waals surface area contributed by atoms with Gasteiger partial charge in [0.15, 0.2) is 0 Å². The van der Waals surface area contributed by atoms with E-state index in [0.29, 0.717) is 24.4 Å². The quantitative estimate of drug-likeness (QED) is 0.803. The van der Waals surface area contributed by atoms with E-state index in [2.05, 4.69) is 17.1 Å². The van der Waals surface area contributed by atoms with Crippen LogP contribution in [0, 0.1) is 0 Å². The fourth-order valence-electron chi connectivity index (χ4n) is 3.22. The summed E-state index contributed by atoms with van der Waals surface area (Å²) < 4.78 is 11.5. The molecule has 2 heterocycles. The van der Waals surface area contributed by atoms with Gasteiger partial charge in [-0.3, -0.25) is 4.90 Å². The second kappa shape index (κ2) is 6.85. The molecule has 1 N–H and O–H groups in total. The highest BCUT2D eigenvalue weighted by molar-refractivity contribution is 4.84. The maximum Gasteiger partial charge on any atom is 0.0707 e. The predicted molar refractivity (Wildman–Crippen MR) is 72.9 cm³/mol. The van der Waals surface area contributed by atoms with Crippen LogP contribution in [0.15, 0.2) is 0 Å². The molecule has 2 saturated heterocycles. The first-order chi connectivity index (χ1) is 8.72. The fourth-order valence-corrected chi connectivity index (χ4v) is 3.22. The molecule has 0 radical (unpaired) electrons. The molecule has 2 aliphatic rings. The van der Waals surface area contributed by atoms with Gasteiger partial charge in [0.25, 0.3) is 0 Å². The minimum Gasteiger partial charge on any atom is -0.381 e. The van der Waals surface area contributed by atoms with Crippen LogP contribution in [0.1, 0.15) is 32.6 Å². The highest BCUT2D eigenvalue weighted by Gasteiger charge is 2.31. The highest BCUT2D eigenvalue weighted by Crippen LogP contribution is 2.24. The van der Waals surface area contributed by atoms with Crippen molar-refractivity contribution in [1.82, 2.24) is 10.2 Å². The molecule has 4 heteroatoms. The molecule has 0 aromatic carbocycles. The molecule has 2 fully saturated rings. The van der Waals surface area contributed by atoms with E-state index in [-0.39, 0.29) is 0 Å². The van der Waals surface area contributed by atoms with Gasteiger partial charge in [0, 0.05) is 32.8 Å². The summed E-state index contributed by atoms with van der Waals surface area (Å²) in [5.41, 5.74) is 0. The third-order valence-electron chi connectivity index (χ3n) is 4.36. The second-order valence-electron chi connectivity index (χ2n) is 5.74. The maximum atomic E-state index is 6.07. The number of ether oxygens (including phenoxy) is 2. The van der Waals surface area contributed by atoms with Crippen LogP contribution in [0.25, 0.3) is 0 Å². The fraction of sp³-hybridized carbons (Fsp3) is 1.00. The van der Waals surface area contributed by atoms with Crippen molar-refractivity contribution in [2.45, 2.75) is 57.0 Å². The van der Waals surface area contributed by atoms with Crippen molar-refractivity contribution in [3.05, 3.63) is 0 Å². The molecule has 2 rings (SSSR count).